The van der Waals surface area contributed by atoms with Crippen molar-refractivity contribution in [1.82, 2.24) is 4.90 Å². The third-order valence-corrected chi connectivity index (χ3v) is 21.8. The lowest BCUT2D eigenvalue weighted by molar-refractivity contribution is -0.135. The summed E-state index contributed by atoms with van der Waals surface area (Å²) in [5.74, 6) is -18.2. The summed E-state index contributed by atoms with van der Waals surface area (Å²) in [6, 6.07) is -4.14. The van der Waals surface area contributed by atoms with Crippen LogP contribution < -0.4 is 0 Å². The highest BCUT2D eigenvalue weighted by molar-refractivity contribution is 6.01. The third-order valence-electron chi connectivity index (χ3n) is 21.8. The molecule has 0 bridgehead atoms. The molecule has 0 radical (unpaired) electrons. The normalized spacial score (nSPS) is 18.9. The van der Waals surface area contributed by atoms with E-state index in [-0.39, 0.29) is 63.3 Å². The minimum Gasteiger partial charge on any atom is -0.497 e. The lowest BCUT2D eigenvalue weighted by atomic mass is 9.97. The summed E-state index contributed by atoms with van der Waals surface area (Å²) < 4.78 is 0. The summed E-state index contributed by atoms with van der Waals surface area (Å²) in [5, 5.41) is 278. The molecule has 1 aromatic carbocycles. The summed E-state index contributed by atoms with van der Waals surface area (Å²) in [4.78, 5) is 95.9. The first-order valence-electron chi connectivity index (χ1n) is 45.5. The van der Waals surface area contributed by atoms with Gasteiger partial charge in [-0.2, -0.15) is 0 Å². The van der Waals surface area contributed by atoms with E-state index in [1.54, 1.807) is 71.9 Å². The monoisotopic (exact) mass is 1960 g/mol. The Bertz CT molecular complexity index is 5000. The Labute approximate surface area is 811 Å². The van der Waals surface area contributed by atoms with Gasteiger partial charge < -0.3 is 122 Å². The number of amides is 1. The van der Waals surface area contributed by atoms with Crippen molar-refractivity contribution in [2.45, 2.75) is 368 Å². The molecule has 1 aromatic rings. The van der Waals surface area contributed by atoms with E-state index < -0.39 is 278 Å². The molecule has 1 saturated heterocycles. The Morgan fingerprint density at radius 1 is 0.396 bits per heavy atom. The van der Waals surface area contributed by atoms with E-state index in [2.05, 4.69) is 94.9 Å². The van der Waals surface area contributed by atoms with Crippen LogP contribution in [0.4, 0.5) is 0 Å². The molecule has 780 valence electrons. The summed E-state index contributed by atoms with van der Waals surface area (Å²) in [7, 11) is 0. The molecule has 139 heavy (non-hydrogen) atoms. The molecule has 1 aliphatic rings. The zero-order valence-corrected chi connectivity index (χ0v) is 84.9. The van der Waals surface area contributed by atoms with Crippen LogP contribution in [0, 0.1) is 34.0 Å². The molecule has 1 fully saturated rings. The molecule has 1 aliphatic heterocycles. The minimum absolute atomic E-state index is 0.0452. The van der Waals surface area contributed by atoms with Gasteiger partial charge in [0.2, 0.25) is 106 Å². The molecule has 0 saturated carbocycles. The average molecular weight is 1970 g/mol. The maximum absolute atomic E-state index is 14.6. The van der Waals surface area contributed by atoms with Crippen molar-refractivity contribution in [3.05, 3.63) is 35.9 Å². The van der Waals surface area contributed by atoms with Gasteiger partial charge in [0.05, 0.1) is 12.6 Å². The number of rotatable bonds is 55. The van der Waals surface area contributed by atoms with Gasteiger partial charge in [-0.25, -0.2) is 94.9 Å². The Morgan fingerprint density at radius 2 is 0.755 bits per heavy atom. The Morgan fingerprint density at radius 3 is 1.17 bits per heavy atom. The van der Waals surface area contributed by atoms with Gasteiger partial charge in [0.25, 0.3) is 5.91 Å². The van der Waals surface area contributed by atoms with Crippen molar-refractivity contribution < 1.29 is 122 Å². The van der Waals surface area contributed by atoms with Crippen LogP contribution in [-0.2, 0) is 11.2 Å². The highest BCUT2D eigenvalue weighted by Gasteiger charge is 2.44. The van der Waals surface area contributed by atoms with Gasteiger partial charge in [-0.1, -0.05) is 78.3 Å². The van der Waals surface area contributed by atoms with Gasteiger partial charge in [-0.3, -0.25) is 21.0 Å². The number of hydrogen-bond donors (Lipinski definition) is 26. The van der Waals surface area contributed by atoms with E-state index in [0.717, 1.165) is 5.56 Å². The predicted molar refractivity (Wildman–Crippen MR) is 548 cm³/mol. The maximum atomic E-state index is 14.6. The fourth-order valence-corrected chi connectivity index (χ4v) is 12.9. The van der Waals surface area contributed by atoms with E-state index in [4.69, 9.17) is 16.2 Å². The van der Waals surface area contributed by atoms with E-state index in [0.29, 0.717) is 12.8 Å². The molecule has 1 amide bonds. The van der Waals surface area contributed by atoms with Gasteiger partial charge in [-0.15, -0.1) is 0 Å². The number of aliphatic hydroxyl groups excluding tert-OH is 23. The molecular weight excluding hydrogens is 1810 g/mol. The molecule has 0 unspecified atom stereocenters. The van der Waals surface area contributed by atoms with E-state index >= 15 is 0 Å². The van der Waals surface area contributed by atoms with Crippen molar-refractivity contribution >= 4 is 136 Å². The lowest BCUT2D eigenvalue weighted by Crippen LogP contribution is -2.50. The van der Waals surface area contributed by atoms with Crippen molar-refractivity contribution in [2.75, 3.05) is 19.7 Å². The first kappa shape index (κ1) is 122. The molecule has 0 aliphatic carbocycles. The van der Waals surface area contributed by atoms with Gasteiger partial charge in [0, 0.05) is 32.7 Å². The fraction of sp³-hybridized carbons (Fsp3) is 0.685. The molecule has 0 aromatic heterocycles. The highest BCUT2D eigenvalue weighted by Crippen LogP contribution is 2.31. The van der Waals surface area contributed by atoms with Crippen molar-refractivity contribution in [3.63, 3.8) is 0 Å². The van der Waals surface area contributed by atoms with Crippen LogP contribution in [0.5, 0.6) is 0 Å². The molecule has 1 heterocycles. The predicted octanol–water partition coefficient (Wildman–Crippen LogP) is 14.5. The van der Waals surface area contributed by atoms with Crippen LogP contribution in [0.3, 0.4) is 0 Å². The molecule has 11 atom stereocenters. The number of carbonyl (C=O) groups is 1. The van der Waals surface area contributed by atoms with E-state index in [1.807, 2.05) is 0 Å². The van der Waals surface area contributed by atoms with E-state index in [1.165, 1.54) is 150 Å². The molecule has 0 spiro atoms. The molecular formula is C92H153N23O24. The number of nitrogens with zero attached hydrogens (tertiary/aromatic N) is 20. The topological polar surface area (TPSA) is 792 Å². The Kier molecular flexibility index (Phi) is 45.3. The van der Waals surface area contributed by atoms with Gasteiger partial charge in [0.15, 0.2) is 23.6 Å². The van der Waals surface area contributed by atoms with Gasteiger partial charge in [-0.05, 0) is 207 Å². The first-order chi connectivity index (χ1) is 63.5. The first-order valence-corrected chi connectivity index (χ1v) is 45.5. The van der Waals surface area contributed by atoms with Crippen LogP contribution in [0.15, 0.2) is 125 Å². The number of likely N-dealkylation sites (tertiary alicyclic amines) is 1. The number of benzene rings is 1. The zero-order valence-electron chi connectivity index (χ0n) is 84.9. The van der Waals surface area contributed by atoms with Crippen molar-refractivity contribution in [1.29, 1.82) is 16.2 Å². The summed E-state index contributed by atoms with van der Waals surface area (Å²) in [5.41, 5.74) is -15.1. The maximum Gasteiger partial charge on any atom is 0.250 e. The standard InChI is InChI=1S/C92H153N23O24/c1-28-49(6)65(105-80(136)87(16,17)109-70(126)57(38-41-62(95)120)103-79(135)89(20,21)113-81(137)90(22,23)108-67(123)51(8)98-77(133)86(14,15)107-66(122)50(7)97-76(132)85(12,13)106-52(9)117)74(130)112-84(10,11)75(131)96-45-63(121)100-58(43-47(2)3)71(127)110-92(26,27)83(139)115-42-32-35-59(115)72(128)104-64(48(4)5)73(129)111-91(24,25)82(138)114-88(18,19)78(134)102-56(37-40-61(94)119)69(125)101-55(36-39-60(93)118)68(124)99-54(46-116)44-53-33-30-29-31-34-53/h29-31,33-34,47-51,54-59,64-65,116H,28,32,35-46H2,1-27H3,(H2,93,118)(H2,94,119)(H2,95,120)(H,96,131)(H,97,132)(H,98,133)(H,99,124)(H,100,121)(H,101,125)(H,102,134)(H,103,135)(H,104,128)(H,105,136)(H,106,117)(H,107,122)(H,108,123)(H,109,126)(H,110,127)(H,111,129)(H,112,130)(H,113,137)(H,114,138)/t49-,50-,51-,54-,55-,56-,57-,58-,59-,64-,65-/m0/s1. The van der Waals surface area contributed by atoms with Crippen LogP contribution >= 0.6 is 0 Å². The summed E-state index contributed by atoms with van der Waals surface area (Å²) >= 11 is 0. The third kappa shape index (κ3) is 39.1. The SMILES string of the molecule is CC[C@H](C)[C@H](N=C(O)C(C)(C)N=C(O)[C@H](CCC(=N)O)N=C(O)C(C)(C)N=C(O)C(C)(C)N=C(O)[C@H](C)N=C(O)C(C)(C)N=C(O)[C@H](C)N=C(O)C(C)(C)N=C(C)O)C(O)=NC(C)(C)C(O)=NCC(O)=N[C@@H](CC(C)C)C(O)=NC(C)(C)C(=O)N1CCC[C@H]1C(O)=N[C@H](C(O)=NC(C)(C)C(O)=NC(C)(C)C(O)=N[C@@H](CCC(=N)O)C(O)=N[C@@H](CCC(=N)O)C(O)=N[C@H](CO)Cc1ccccc1)C(C)C. The lowest BCUT2D eigenvalue weighted by Gasteiger charge is -2.31. The molecule has 47 nitrogen and oxygen atoms in total. The largest absolute Gasteiger partial charge is 0.497 e. The second kappa shape index (κ2) is 51.6. The smallest absolute Gasteiger partial charge is 0.250 e. The summed E-state index contributed by atoms with van der Waals surface area (Å²) in [6.07, 6.45) is -1.13. The second-order valence-corrected chi connectivity index (χ2v) is 39.5. The number of aliphatic hydroxyl groups is 23. The Hall–Kier alpha value is -13.0. The quantitative estimate of drug-likeness (QED) is 0.0213. The molecule has 47 heteroatoms. The van der Waals surface area contributed by atoms with E-state index in [9.17, 15) is 122 Å². The Balaban J connectivity index is 2.56. The van der Waals surface area contributed by atoms with Gasteiger partial charge >= 0.3 is 0 Å². The number of aliphatic imine (C=N–C) groups is 19. The average Bonchev–Trinajstić information content (AvgIpc) is 1.68. The molecule has 26 N–H and O–H groups in total. The number of nitrogens with one attached hydrogen (secondary N) is 3. The number of hydrogen-bond acceptors (Lipinski definition) is 24. The van der Waals surface area contributed by atoms with Gasteiger partial charge in [0.1, 0.15) is 111 Å². The van der Waals surface area contributed by atoms with Crippen molar-refractivity contribution in [2.24, 2.45) is 113 Å². The van der Waals surface area contributed by atoms with Crippen LogP contribution in [0.25, 0.3) is 0 Å². The number of carbonyl (C=O) groups excluding carboxylic acids is 1. The van der Waals surface area contributed by atoms with Crippen LogP contribution in [0.2, 0.25) is 0 Å². The molecule has 2 rings (SSSR count). The summed E-state index contributed by atoms with van der Waals surface area (Å²) in [6.45, 7) is 37.5. The second-order valence-electron chi connectivity index (χ2n) is 39.5. The fourth-order valence-electron chi connectivity index (χ4n) is 12.9. The van der Waals surface area contributed by atoms with Crippen LogP contribution in [0.1, 0.15) is 257 Å². The van der Waals surface area contributed by atoms with Crippen LogP contribution in [-0.4, -0.2) is 388 Å². The zero-order chi connectivity index (χ0) is 107. The highest BCUT2D eigenvalue weighted by atomic mass is 16.3. The minimum atomic E-state index is -1.89. The van der Waals surface area contributed by atoms with Crippen molar-refractivity contribution in [3.8, 4) is 0 Å².